The molecule has 0 aliphatic carbocycles. The van der Waals surface area contributed by atoms with Crippen molar-refractivity contribution in [3.63, 3.8) is 0 Å². The van der Waals surface area contributed by atoms with Crippen LogP contribution in [-0.2, 0) is 9.53 Å². The number of esters is 1. The molecule has 0 spiro atoms. The van der Waals surface area contributed by atoms with Gasteiger partial charge in [0.25, 0.3) is 5.91 Å². The summed E-state index contributed by atoms with van der Waals surface area (Å²) in [5.74, 6) is -1.21. The number of rotatable bonds is 11. The van der Waals surface area contributed by atoms with Gasteiger partial charge in [0, 0.05) is 17.7 Å². The Hall–Kier alpha value is -4.14. The highest BCUT2D eigenvalue weighted by atomic mass is 16.5. The zero-order chi connectivity index (χ0) is 24.2. The number of hydrogen-bond acceptors (Lipinski definition) is 7. The fourth-order valence-corrected chi connectivity index (χ4v) is 2.79. The number of carbonyl (C=O) groups excluding carboxylic acids is 4. The molecule has 9 nitrogen and oxygen atoms in total. The number of nitrogens with one attached hydrogen (secondary N) is 2. The summed E-state index contributed by atoms with van der Waals surface area (Å²) in [6.07, 6.45) is 1.44. The van der Waals surface area contributed by atoms with Crippen LogP contribution >= 0.6 is 0 Å². The van der Waals surface area contributed by atoms with Crippen molar-refractivity contribution in [2.45, 2.75) is 13.8 Å². The third-order valence-electron chi connectivity index (χ3n) is 4.19. The summed E-state index contributed by atoms with van der Waals surface area (Å²) >= 11 is 0. The molecule has 0 heterocycles. The van der Waals surface area contributed by atoms with E-state index in [0.717, 1.165) is 0 Å². The molecule has 0 aliphatic rings. The minimum Gasteiger partial charge on any atom is -0.490 e. The maximum Gasteiger partial charge on any atom is 0.339 e. The molecule has 0 atom stereocenters. The highest BCUT2D eigenvalue weighted by Crippen LogP contribution is 2.30. The predicted octanol–water partition coefficient (Wildman–Crippen LogP) is 2.88. The van der Waals surface area contributed by atoms with Gasteiger partial charge in [-0.3, -0.25) is 14.9 Å². The Bertz CT molecular complexity index is 1030. The number of ether oxygens (including phenoxy) is 3. The van der Waals surface area contributed by atoms with Gasteiger partial charge in [-0.1, -0.05) is 24.3 Å². The highest BCUT2D eigenvalue weighted by Gasteiger charge is 2.21. The Kier molecular flexibility index (Phi) is 9.63. The molecule has 0 unspecified atom stereocenters. The van der Waals surface area contributed by atoms with Gasteiger partial charge >= 0.3 is 12.0 Å². The van der Waals surface area contributed by atoms with Crippen LogP contribution in [0.1, 0.15) is 40.1 Å². The number of imide groups is 1. The van der Waals surface area contributed by atoms with Crippen LogP contribution in [0.5, 0.6) is 11.5 Å². The minimum atomic E-state index is -0.878. The average Bonchev–Trinajstić information content (AvgIpc) is 2.82. The summed E-state index contributed by atoms with van der Waals surface area (Å²) < 4.78 is 16.1. The Labute approximate surface area is 191 Å². The van der Waals surface area contributed by atoms with Crippen LogP contribution in [0.25, 0.3) is 0 Å². The zero-order valence-electron chi connectivity index (χ0n) is 18.5. The molecule has 2 N–H and O–H groups in total. The first-order chi connectivity index (χ1) is 15.9. The third kappa shape index (κ3) is 7.20. The first kappa shape index (κ1) is 25.1. The number of amides is 3. The van der Waals surface area contributed by atoms with Crippen molar-refractivity contribution in [2.75, 3.05) is 26.4 Å². The van der Waals surface area contributed by atoms with Crippen molar-refractivity contribution >= 4 is 23.7 Å². The topological polar surface area (TPSA) is 120 Å². The maximum absolute atomic E-state index is 13.1. The molecule has 0 aliphatic heterocycles. The van der Waals surface area contributed by atoms with Crippen LogP contribution < -0.4 is 20.1 Å². The molecule has 2 rings (SSSR count). The van der Waals surface area contributed by atoms with E-state index >= 15 is 0 Å². The van der Waals surface area contributed by atoms with Gasteiger partial charge in [-0.15, -0.1) is 6.58 Å². The third-order valence-corrected chi connectivity index (χ3v) is 4.19. The smallest absolute Gasteiger partial charge is 0.339 e. The summed E-state index contributed by atoms with van der Waals surface area (Å²) in [6, 6.07) is 10.1. The van der Waals surface area contributed by atoms with E-state index in [4.69, 9.17) is 14.2 Å². The van der Waals surface area contributed by atoms with Crippen molar-refractivity contribution in [1.29, 1.82) is 0 Å². The standard InChI is InChI=1S/C24H26N2O7/c1-4-13-25-24(30)26-21(27)15-33-23(29)18-10-8-7-9-17(18)22(28)16-11-12-19(31-5-2)20(14-16)32-6-3/h4,7-12,14H,1,5-6,13,15H2,2-3H3,(H2,25,26,27,30). The minimum absolute atomic E-state index is 0.0155. The summed E-state index contributed by atoms with van der Waals surface area (Å²) in [5.41, 5.74) is 0.371. The van der Waals surface area contributed by atoms with Crippen molar-refractivity contribution in [3.8, 4) is 11.5 Å². The molecule has 2 aromatic rings. The first-order valence-electron chi connectivity index (χ1n) is 10.3. The lowest BCUT2D eigenvalue weighted by molar-refractivity contribution is -0.123. The Morgan fingerprint density at radius 3 is 2.27 bits per heavy atom. The predicted molar refractivity (Wildman–Crippen MR) is 121 cm³/mol. The number of carbonyl (C=O) groups is 4. The number of hydrogen-bond donors (Lipinski definition) is 2. The van der Waals surface area contributed by atoms with Gasteiger partial charge < -0.3 is 19.5 Å². The van der Waals surface area contributed by atoms with Crippen molar-refractivity contribution < 1.29 is 33.4 Å². The van der Waals surface area contributed by atoms with Crippen molar-refractivity contribution in [3.05, 3.63) is 71.8 Å². The van der Waals surface area contributed by atoms with Crippen LogP contribution in [0.15, 0.2) is 55.1 Å². The summed E-state index contributed by atoms with van der Waals surface area (Å²) in [5, 5.41) is 4.37. The lowest BCUT2D eigenvalue weighted by Gasteiger charge is -2.13. The summed E-state index contributed by atoms with van der Waals surface area (Å²) in [7, 11) is 0. The fraction of sp³-hybridized carbons (Fsp3) is 0.250. The molecule has 3 amide bonds. The Morgan fingerprint density at radius 1 is 0.939 bits per heavy atom. The van der Waals surface area contributed by atoms with Crippen molar-refractivity contribution in [2.24, 2.45) is 0 Å². The Balaban J connectivity index is 2.16. The molecule has 2 aromatic carbocycles. The molecular formula is C24H26N2O7. The molecule has 33 heavy (non-hydrogen) atoms. The number of benzene rings is 2. The van der Waals surface area contributed by atoms with Gasteiger partial charge in [0.05, 0.1) is 18.8 Å². The molecule has 0 aromatic heterocycles. The molecule has 174 valence electrons. The molecule has 0 saturated heterocycles. The molecule has 9 heteroatoms. The van der Waals surface area contributed by atoms with Gasteiger partial charge in [0.15, 0.2) is 23.9 Å². The van der Waals surface area contributed by atoms with Gasteiger partial charge in [-0.05, 0) is 38.1 Å². The quantitative estimate of drug-likeness (QED) is 0.304. The van der Waals surface area contributed by atoms with E-state index in [-0.39, 0.29) is 17.7 Å². The SMILES string of the molecule is C=CCNC(=O)NC(=O)COC(=O)c1ccccc1C(=O)c1ccc(OCC)c(OCC)c1. The van der Waals surface area contributed by atoms with E-state index in [1.807, 2.05) is 19.2 Å². The fourth-order valence-electron chi connectivity index (χ4n) is 2.79. The lowest BCUT2D eigenvalue weighted by atomic mass is 9.98. The van der Waals surface area contributed by atoms with E-state index < -0.39 is 30.3 Å². The van der Waals surface area contributed by atoms with Crippen LogP contribution in [0, 0.1) is 0 Å². The number of ketones is 1. The molecular weight excluding hydrogens is 428 g/mol. The summed E-state index contributed by atoms with van der Waals surface area (Å²) in [6.45, 7) is 7.39. The van der Waals surface area contributed by atoms with Crippen LogP contribution in [-0.4, -0.2) is 50.1 Å². The molecule has 0 bridgehead atoms. The van der Waals surface area contributed by atoms with Gasteiger partial charge in [0.1, 0.15) is 0 Å². The van der Waals surface area contributed by atoms with Crippen LogP contribution in [0.4, 0.5) is 4.79 Å². The van der Waals surface area contributed by atoms with Gasteiger partial charge in [0.2, 0.25) is 0 Å². The average molecular weight is 454 g/mol. The highest BCUT2D eigenvalue weighted by molar-refractivity contribution is 6.14. The second kappa shape index (κ2) is 12.7. The van der Waals surface area contributed by atoms with Crippen LogP contribution in [0.2, 0.25) is 0 Å². The summed E-state index contributed by atoms with van der Waals surface area (Å²) in [4.78, 5) is 49.0. The second-order valence-electron chi connectivity index (χ2n) is 6.53. The van der Waals surface area contributed by atoms with Gasteiger partial charge in [-0.2, -0.15) is 0 Å². The van der Waals surface area contributed by atoms with E-state index in [0.29, 0.717) is 30.3 Å². The zero-order valence-corrected chi connectivity index (χ0v) is 18.5. The monoisotopic (exact) mass is 454 g/mol. The first-order valence-corrected chi connectivity index (χ1v) is 10.3. The normalized spacial score (nSPS) is 10.0. The maximum atomic E-state index is 13.1. The second-order valence-corrected chi connectivity index (χ2v) is 6.53. The largest absolute Gasteiger partial charge is 0.490 e. The van der Waals surface area contributed by atoms with E-state index in [1.54, 1.807) is 30.3 Å². The van der Waals surface area contributed by atoms with E-state index in [1.165, 1.54) is 18.2 Å². The number of urea groups is 1. The van der Waals surface area contributed by atoms with Crippen LogP contribution in [0.3, 0.4) is 0 Å². The molecule has 0 saturated carbocycles. The molecule has 0 radical (unpaired) electrons. The molecule has 0 fully saturated rings. The van der Waals surface area contributed by atoms with Gasteiger partial charge in [-0.25, -0.2) is 9.59 Å². The lowest BCUT2D eigenvalue weighted by Crippen LogP contribution is -2.41. The van der Waals surface area contributed by atoms with Crippen molar-refractivity contribution in [1.82, 2.24) is 10.6 Å². The van der Waals surface area contributed by atoms with E-state index in [2.05, 4.69) is 11.9 Å². The Morgan fingerprint density at radius 2 is 1.61 bits per heavy atom. The van der Waals surface area contributed by atoms with E-state index in [9.17, 15) is 19.2 Å².